The molecule has 1 heterocycles. The molecular formula is C26H40N4Sn. The van der Waals surface area contributed by atoms with Crippen LogP contribution in [0.3, 0.4) is 0 Å². The van der Waals surface area contributed by atoms with Gasteiger partial charge in [0.15, 0.2) is 0 Å². The third kappa shape index (κ3) is 5.28. The summed E-state index contributed by atoms with van der Waals surface area (Å²) in [7, 11) is 0. The number of nitrogens with two attached hydrogens (primary N) is 2. The van der Waals surface area contributed by atoms with E-state index in [0.717, 1.165) is 16.8 Å². The van der Waals surface area contributed by atoms with Crippen LogP contribution in [0, 0.1) is 0 Å². The van der Waals surface area contributed by atoms with Crippen LogP contribution in [0.2, 0.25) is 13.3 Å². The number of hydrogen-bond donors (Lipinski definition) is 3. The molecule has 0 saturated carbocycles. The first-order valence-corrected chi connectivity index (χ1v) is 19.6. The summed E-state index contributed by atoms with van der Waals surface area (Å²) in [6, 6.07) is 15.1. The zero-order chi connectivity index (χ0) is 22.3. The van der Waals surface area contributed by atoms with E-state index >= 15 is 0 Å². The van der Waals surface area contributed by atoms with Crippen LogP contribution in [0.1, 0.15) is 70.4 Å². The molecule has 0 aromatic heterocycles. The molecule has 0 saturated heterocycles. The van der Waals surface area contributed by atoms with Crippen LogP contribution >= 0.6 is 0 Å². The molecule has 1 aliphatic heterocycles. The minimum atomic E-state index is -2.55. The molecule has 1 aliphatic rings. The fourth-order valence-electron chi connectivity index (χ4n) is 4.95. The molecule has 168 valence electrons. The average molecular weight is 527 g/mol. The molecule has 3 rings (SSSR count). The van der Waals surface area contributed by atoms with Gasteiger partial charge >= 0.3 is 193 Å². The van der Waals surface area contributed by atoms with Crippen LogP contribution in [0.25, 0.3) is 0 Å². The third-order valence-corrected chi connectivity index (χ3v) is 22.5. The van der Waals surface area contributed by atoms with Crippen LogP contribution < -0.4 is 20.4 Å². The van der Waals surface area contributed by atoms with Gasteiger partial charge in [0.1, 0.15) is 0 Å². The summed E-state index contributed by atoms with van der Waals surface area (Å²) in [6.07, 6.45) is 9.61. The molecule has 0 radical (unpaired) electrons. The zero-order valence-corrected chi connectivity index (χ0v) is 22.4. The summed E-state index contributed by atoms with van der Waals surface area (Å²) < 4.78 is 5.97. The van der Waals surface area contributed by atoms with Crippen LogP contribution in [0.4, 0.5) is 11.4 Å². The first kappa shape index (κ1) is 24.1. The van der Waals surface area contributed by atoms with E-state index in [0.29, 0.717) is 5.69 Å². The van der Waals surface area contributed by atoms with Crippen molar-refractivity contribution < 1.29 is 0 Å². The van der Waals surface area contributed by atoms with Crippen molar-refractivity contribution in [1.29, 1.82) is 0 Å². The van der Waals surface area contributed by atoms with Gasteiger partial charge in [0, 0.05) is 0 Å². The fourth-order valence-corrected chi connectivity index (χ4v) is 21.0. The number of nitrogens with one attached hydrogen (secondary N) is 1. The molecule has 1 atom stereocenters. The van der Waals surface area contributed by atoms with Crippen LogP contribution in [0.15, 0.2) is 47.5 Å². The Bertz CT molecular complexity index is 873. The van der Waals surface area contributed by atoms with Crippen molar-refractivity contribution in [1.82, 2.24) is 0 Å². The van der Waals surface area contributed by atoms with E-state index in [-0.39, 0.29) is 0 Å². The van der Waals surface area contributed by atoms with Crippen molar-refractivity contribution in [3.63, 3.8) is 0 Å². The van der Waals surface area contributed by atoms with Gasteiger partial charge in [-0.25, -0.2) is 0 Å². The first-order chi connectivity index (χ1) is 15.0. The Morgan fingerprint density at radius 3 is 2.16 bits per heavy atom. The molecule has 0 spiro atoms. The second kappa shape index (κ2) is 10.9. The standard InChI is InChI=1S/C14H13N4.3C4H9.Sn/c15-11-6-7-13-12(8-11)14(16,18-9-17-13)10-4-2-1-3-5-10;3*1-3-4-2;/h1-2,4-9H,15-16H2,(H,17,18);3*1,3-4H2,2H3;. The summed E-state index contributed by atoms with van der Waals surface area (Å²) in [5, 5.41) is 3.23. The molecule has 2 aromatic rings. The van der Waals surface area contributed by atoms with Crippen molar-refractivity contribution >= 4 is 39.7 Å². The Kier molecular flexibility index (Phi) is 8.45. The van der Waals surface area contributed by atoms with E-state index < -0.39 is 24.0 Å². The number of anilines is 2. The van der Waals surface area contributed by atoms with Crippen LogP contribution in [-0.4, -0.2) is 24.7 Å². The topological polar surface area (TPSA) is 76.4 Å². The second-order valence-electron chi connectivity index (χ2n) is 9.15. The molecule has 4 nitrogen and oxygen atoms in total. The summed E-state index contributed by atoms with van der Waals surface area (Å²) in [5.41, 5.74) is 16.0. The summed E-state index contributed by atoms with van der Waals surface area (Å²) in [5.74, 6) is 0. The van der Waals surface area contributed by atoms with Crippen molar-refractivity contribution in [2.75, 3.05) is 11.1 Å². The monoisotopic (exact) mass is 528 g/mol. The quantitative estimate of drug-likeness (QED) is 0.250. The van der Waals surface area contributed by atoms with Crippen LogP contribution in [0.5, 0.6) is 0 Å². The van der Waals surface area contributed by atoms with E-state index in [4.69, 9.17) is 16.5 Å². The van der Waals surface area contributed by atoms with E-state index in [1.54, 1.807) is 9.92 Å². The van der Waals surface area contributed by atoms with Crippen molar-refractivity contribution in [2.24, 2.45) is 10.7 Å². The number of hydrogen-bond acceptors (Lipinski definition) is 4. The molecule has 5 heteroatoms. The molecule has 0 amide bonds. The van der Waals surface area contributed by atoms with Gasteiger partial charge in [0.05, 0.1) is 0 Å². The number of fused-ring (bicyclic) bond motifs is 1. The maximum atomic E-state index is 7.00. The number of rotatable bonds is 11. The maximum absolute atomic E-state index is 7.00. The van der Waals surface area contributed by atoms with E-state index in [2.05, 4.69) is 50.4 Å². The minimum absolute atomic E-state index is 0.714. The van der Waals surface area contributed by atoms with Gasteiger partial charge in [-0.2, -0.15) is 0 Å². The molecular weight excluding hydrogens is 487 g/mol. The first-order valence-electron chi connectivity index (χ1n) is 12.1. The number of nitrogen functional groups attached to an aromatic ring is 1. The zero-order valence-electron chi connectivity index (χ0n) is 19.6. The molecule has 31 heavy (non-hydrogen) atoms. The summed E-state index contributed by atoms with van der Waals surface area (Å²) in [6.45, 7) is 6.98. The van der Waals surface area contributed by atoms with Gasteiger partial charge in [-0.05, 0) is 0 Å². The van der Waals surface area contributed by atoms with E-state index in [1.807, 2.05) is 18.2 Å². The number of benzene rings is 2. The van der Waals surface area contributed by atoms with Gasteiger partial charge in [0.2, 0.25) is 0 Å². The van der Waals surface area contributed by atoms with Gasteiger partial charge < -0.3 is 0 Å². The molecule has 1 unspecified atom stereocenters. The van der Waals surface area contributed by atoms with Gasteiger partial charge in [-0.3, -0.25) is 0 Å². The Morgan fingerprint density at radius 2 is 1.55 bits per heavy atom. The molecule has 0 aliphatic carbocycles. The number of unbranched alkanes of at least 4 members (excludes halogenated alkanes) is 3. The summed E-state index contributed by atoms with van der Waals surface area (Å²) in [4.78, 5) is 4.73. The normalized spacial score (nSPS) is 17.9. The Labute approximate surface area is 192 Å². The van der Waals surface area contributed by atoms with Crippen molar-refractivity contribution in [3.8, 4) is 0 Å². The molecule has 5 N–H and O–H groups in total. The Hall–Kier alpha value is -1.53. The SMILES string of the molecule is CCC[CH2][Sn]([CH2]CCC)([CH2]CCC)[c]1cccc(C2(N)N=CNc3ccc(N)cc32)c1. The van der Waals surface area contributed by atoms with Gasteiger partial charge in [0.25, 0.3) is 0 Å². The number of aliphatic imine (C=N–C) groups is 1. The predicted octanol–water partition coefficient (Wildman–Crippen LogP) is 5.94. The van der Waals surface area contributed by atoms with E-state index in [9.17, 15) is 0 Å². The number of nitrogens with zero attached hydrogens (tertiary/aromatic N) is 1. The third-order valence-electron chi connectivity index (χ3n) is 6.88. The summed E-state index contributed by atoms with van der Waals surface area (Å²) >= 11 is -2.55. The fraction of sp³-hybridized carbons (Fsp3) is 0.500. The average Bonchev–Trinajstić information content (AvgIpc) is 2.79. The van der Waals surface area contributed by atoms with Gasteiger partial charge in [-0.1, -0.05) is 0 Å². The van der Waals surface area contributed by atoms with Crippen molar-refractivity contribution in [3.05, 3.63) is 53.6 Å². The Morgan fingerprint density at radius 1 is 0.903 bits per heavy atom. The van der Waals surface area contributed by atoms with Crippen LogP contribution in [-0.2, 0) is 5.66 Å². The molecule has 0 fully saturated rings. The van der Waals surface area contributed by atoms with Crippen molar-refractivity contribution in [2.45, 2.75) is 78.3 Å². The predicted molar refractivity (Wildman–Crippen MR) is 139 cm³/mol. The van der Waals surface area contributed by atoms with E-state index in [1.165, 1.54) is 51.8 Å². The molecule has 0 bridgehead atoms. The molecule has 2 aromatic carbocycles. The second-order valence-corrected chi connectivity index (χ2v) is 22.4. The van der Waals surface area contributed by atoms with Gasteiger partial charge in [-0.15, -0.1) is 0 Å². The Balaban J connectivity index is 2.08.